The first-order chi connectivity index (χ1) is 20.8. The van der Waals surface area contributed by atoms with Crippen LogP contribution in [0.4, 0.5) is 11.4 Å². The number of hydrogen-bond acceptors (Lipinski definition) is 7. The Morgan fingerprint density at radius 1 is 1.07 bits per heavy atom. The van der Waals surface area contributed by atoms with E-state index in [2.05, 4.69) is 5.32 Å². The van der Waals surface area contributed by atoms with Crippen molar-refractivity contribution < 1.29 is 27.7 Å². The van der Waals surface area contributed by atoms with Crippen molar-refractivity contribution in [2.24, 2.45) is 0 Å². The topological polar surface area (TPSA) is 139 Å². The third kappa shape index (κ3) is 8.26. The second-order valence-corrected chi connectivity index (χ2v) is 12.7. The number of nitro benzene ring substituents is 1. The number of sulfonamides is 1. The van der Waals surface area contributed by atoms with Crippen molar-refractivity contribution in [2.45, 2.75) is 58.0 Å². The summed E-state index contributed by atoms with van der Waals surface area (Å²) < 4.78 is 34.6. The van der Waals surface area contributed by atoms with E-state index in [4.69, 9.17) is 16.3 Å². The lowest BCUT2D eigenvalue weighted by molar-refractivity contribution is -0.385. The van der Waals surface area contributed by atoms with Crippen LogP contribution in [0.3, 0.4) is 0 Å². The molecule has 44 heavy (non-hydrogen) atoms. The highest BCUT2D eigenvalue weighted by Gasteiger charge is 2.35. The summed E-state index contributed by atoms with van der Waals surface area (Å²) in [5.74, 6) is -0.971. The fraction of sp³-hybridized carbons (Fsp3) is 0.355. The van der Waals surface area contributed by atoms with Gasteiger partial charge in [0.05, 0.1) is 22.6 Å². The lowest BCUT2D eigenvalue weighted by atomic mass is 10.1. The molecule has 0 aliphatic carbocycles. The van der Waals surface area contributed by atoms with E-state index in [1.54, 1.807) is 6.92 Å². The first-order valence-corrected chi connectivity index (χ1v) is 15.9. The Labute approximate surface area is 263 Å². The maximum absolute atomic E-state index is 14.2. The molecule has 13 heteroatoms. The Morgan fingerprint density at radius 3 is 2.36 bits per heavy atom. The number of nitro groups is 1. The van der Waals surface area contributed by atoms with E-state index in [0.29, 0.717) is 6.54 Å². The van der Waals surface area contributed by atoms with Gasteiger partial charge < -0.3 is 15.0 Å². The minimum atomic E-state index is -4.60. The van der Waals surface area contributed by atoms with Gasteiger partial charge in [-0.2, -0.15) is 0 Å². The third-order valence-electron chi connectivity index (χ3n) is 7.12. The van der Waals surface area contributed by atoms with Crippen LogP contribution in [0.15, 0.2) is 65.6 Å². The van der Waals surface area contributed by atoms with Gasteiger partial charge in [-0.1, -0.05) is 60.8 Å². The number of halogens is 1. The molecule has 11 nitrogen and oxygen atoms in total. The van der Waals surface area contributed by atoms with Crippen molar-refractivity contribution in [1.82, 2.24) is 10.2 Å². The Bertz CT molecular complexity index is 1610. The normalized spacial score (nSPS) is 11.9. The molecule has 2 amide bonds. The molecule has 3 aromatic rings. The summed E-state index contributed by atoms with van der Waals surface area (Å²) in [6.45, 7) is 6.69. The SMILES string of the molecule is CCCCNC(=O)[C@H](C)N(Cc1ccc(C)cc1)C(=O)CN(c1cc(Cl)ccc1OC)S(=O)(=O)c1ccc(C)c([N+](=O)[O-])c1. The standard InChI is InChI=1S/C31H37ClN4O7S/c1-6-7-16-33-31(38)23(4)34(19-24-11-8-21(2)9-12-24)30(37)20-35(28-17-25(32)13-15-29(28)43-5)44(41,42)26-14-10-22(3)27(18-26)36(39)40/h8-15,17-18,23H,6-7,16,19-20H2,1-5H3,(H,33,38)/t23-/m0/s1. The minimum absolute atomic E-state index is 0.0258. The number of rotatable bonds is 14. The number of aryl methyl sites for hydroxylation is 2. The summed E-state index contributed by atoms with van der Waals surface area (Å²) in [5.41, 5.74) is 1.57. The predicted molar refractivity (Wildman–Crippen MR) is 169 cm³/mol. The molecule has 0 bridgehead atoms. The molecule has 0 heterocycles. The van der Waals surface area contributed by atoms with Crippen LogP contribution >= 0.6 is 11.6 Å². The molecule has 0 saturated carbocycles. The highest BCUT2D eigenvalue weighted by Crippen LogP contribution is 2.36. The number of carbonyl (C=O) groups is 2. The Morgan fingerprint density at radius 2 is 1.75 bits per heavy atom. The molecule has 0 aliphatic rings. The molecule has 0 saturated heterocycles. The highest BCUT2D eigenvalue weighted by atomic mass is 35.5. The van der Waals surface area contributed by atoms with Gasteiger partial charge in [-0.25, -0.2) is 8.42 Å². The minimum Gasteiger partial charge on any atom is -0.495 e. The number of nitrogens with one attached hydrogen (secondary N) is 1. The molecule has 236 valence electrons. The van der Waals surface area contributed by atoms with Gasteiger partial charge in [0.15, 0.2) is 0 Å². The lowest BCUT2D eigenvalue weighted by Gasteiger charge is -2.32. The van der Waals surface area contributed by atoms with Crippen molar-refractivity contribution in [3.05, 3.63) is 92.5 Å². The molecular formula is C31H37ClN4O7S. The zero-order valence-electron chi connectivity index (χ0n) is 25.4. The maximum atomic E-state index is 14.2. The summed E-state index contributed by atoms with van der Waals surface area (Å²) in [6, 6.07) is 14.3. The van der Waals surface area contributed by atoms with E-state index in [1.165, 1.54) is 49.3 Å². The molecule has 0 radical (unpaired) electrons. The fourth-order valence-corrected chi connectivity index (χ4v) is 6.06. The van der Waals surface area contributed by atoms with E-state index >= 15 is 0 Å². The maximum Gasteiger partial charge on any atom is 0.273 e. The van der Waals surface area contributed by atoms with Gasteiger partial charge >= 0.3 is 0 Å². The van der Waals surface area contributed by atoms with Crippen LogP contribution < -0.4 is 14.4 Å². The quantitative estimate of drug-likeness (QED) is 0.141. The molecule has 0 aromatic heterocycles. The van der Waals surface area contributed by atoms with Crippen LogP contribution in [0.1, 0.15) is 43.4 Å². The van der Waals surface area contributed by atoms with Crippen LogP contribution in [-0.4, -0.2) is 56.3 Å². The second-order valence-electron chi connectivity index (χ2n) is 10.4. The number of hydrogen-bond donors (Lipinski definition) is 1. The average Bonchev–Trinajstić information content (AvgIpc) is 2.99. The van der Waals surface area contributed by atoms with Crippen LogP contribution in [-0.2, 0) is 26.2 Å². The van der Waals surface area contributed by atoms with Gasteiger partial charge in [-0.15, -0.1) is 0 Å². The molecule has 0 spiro atoms. The van der Waals surface area contributed by atoms with Crippen LogP contribution in [0.25, 0.3) is 0 Å². The monoisotopic (exact) mass is 644 g/mol. The number of methoxy groups -OCH3 is 1. The van der Waals surface area contributed by atoms with Crippen LogP contribution in [0.5, 0.6) is 5.75 Å². The Hall–Kier alpha value is -4.16. The number of nitrogens with zero attached hydrogens (tertiary/aromatic N) is 3. The third-order valence-corrected chi connectivity index (χ3v) is 9.11. The summed E-state index contributed by atoms with van der Waals surface area (Å²) in [4.78, 5) is 39.1. The van der Waals surface area contributed by atoms with Gasteiger partial charge in [0.25, 0.3) is 15.7 Å². The van der Waals surface area contributed by atoms with Crippen molar-refractivity contribution in [3.8, 4) is 5.75 Å². The van der Waals surface area contributed by atoms with E-state index in [0.717, 1.165) is 34.3 Å². The number of anilines is 1. The van der Waals surface area contributed by atoms with E-state index in [9.17, 15) is 28.1 Å². The van der Waals surface area contributed by atoms with Crippen molar-refractivity contribution in [1.29, 1.82) is 0 Å². The molecule has 3 aromatic carbocycles. The van der Waals surface area contributed by atoms with Crippen molar-refractivity contribution in [2.75, 3.05) is 24.5 Å². The molecule has 0 fully saturated rings. The largest absolute Gasteiger partial charge is 0.495 e. The van der Waals surface area contributed by atoms with Crippen LogP contribution in [0, 0.1) is 24.0 Å². The number of carbonyl (C=O) groups excluding carboxylic acids is 2. The van der Waals surface area contributed by atoms with Crippen molar-refractivity contribution >= 4 is 44.8 Å². The molecular weight excluding hydrogens is 608 g/mol. The number of benzene rings is 3. The number of ether oxygens (including phenoxy) is 1. The molecule has 0 unspecified atom stereocenters. The molecule has 1 atom stereocenters. The molecule has 3 rings (SSSR count). The molecule has 0 aliphatic heterocycles. The van der Waals surface area contributed by atoms with Gasteiger partial charge in [-0.05, 0) is 57.0 Å². The number of unbranched alkanes of at least 4 members (excludes halogenated alkanes) is 1. The lowest BCUT2D eigenvalue weighted by Crippen LogP contribution is -2.51. The Kier molecular flexibility index (Phi) is 11.7. The summed E-state index contributed by atoms with van der Waals surface area (Å²) in [7, 11) is -3.27. The summed E-state index contributed by atoms with van der Waals surface area (Å²) >= 11 is 6.26. The predicted octanol–water partition coefficient (Wildman–Crippen LogP) is 5.40. The fourth-order valence-electron chi connectivity index (χ4n) is 4.45. The van der Waals surface area contributed by atoms with Crippen LogP contribution in [0.2, 0.25) is 5.02 Å². The number of amides is 2. The second kappa shape index (κ2) is 15.0. The van der Waals surface area contributed by atoms with Gasteiger partial charge in [0, 0.05) is 29.7 Å². The zero-order valence-corrected chi connectivity index (χ0v) is 26.9. The van der Waals surface area contributed by atoms with Gasteiger partial charge in [0.2, 0.25) is 11.8 Å². The van der Waals surface area contributed by atoms with E-state index in [1.807, 2.05) is 38.1 Å². The van der Waals surface area contributed by atoms with E-state index in [-0.39, 0.29) is 34.5 Å². The smallest absolute Gasteiger partial charge is 0.273 e. The summed E-state index contributed by atoms with van der Waals surface area (Å²) in [6.07, 6.45) is 1.62. The average molecular weight is 645 g/mol. The van der Waals surface area contributed by atoms with Gasteiger partial charge in [0.1, 0.15) is 18.3 Å². The highest BCUT2D eigenvalue weighted by molar-refractivity contribution is 7.92. The van der Waals surface area contributed by atoms with Gasteiger partial charge in [-0.3, -0.25) is 24.0 Å². The zero-order chi connectivity index (χ0) is 32.6. The molecule has 1 N–H and O–H groups in total. The summed E-state index contributed by atoms with van der Waals surface area (Å²) in [5, 5.41) is 14.6. The van der Waals surface area contributed by atoms with Crippen molar-refractivity contribution in [3.63, 3.8) is 0 Å². The first-order valence-electron chi connectivity index (χ1n) is 14.0. The van der Waals surface area contributed by atoms with E-state index < -0.39 is 44.0 Å². The Balaban J connectivity index is 2.13. The first kappa shape index (κ1) is 34.3.